The van der Waals surface area contributed by atoms with Gasteiger partial charge in [-0.15, -0.1) is 0 Å². The number of amides is 1. The zero-order chi connectivity index (χ0) is 20.9. The van der Waals surface area contributed by atoms with Crippen molar-refractivity contribution in [3.63, 3.8) is 0 Å². The van der Waals surface area contributed by atoms with Gasteiger partial charge in [-0.2, -0.15) is 5.26 Å². The fourth-order valence-corrected chi connectivity index (χ4v) is 4.53. The molecule has 2 aliphatic heterocycles. The maximum Gasteiger partial charge on any atom is 0.253 e. The maximum absolute atomic E-state index is 13.0. The Morgan fingerprint density at radius 3 is 2.63 bits per heavy atom. The smallest absolute Gasteiger partial charge is 0.253 e. The second-order valence-electron chi connectivity index (χ2n) is 7.91. The number of ether oxygens (including phenoxy) is 1. The van der Waals surface area contributed by atoms with Crippen LogP contribution >= 0.6 is 0 Å². The van der Waals surface area contributed by atoms with E-state index in [0.29, 0.717) is 42.8 Å². The number of hydrogen-bond acceptors (Lipinski definition) is 4. The highest BCUT2D eigenvalue weighted by Crippen LogP contribution is 2.45. The van der Waals surface area contributed by atoms with E-state index in [-0.39, 0.29) is 11.7 Å². The van der Waals surface area contributed by atoms with Gasteiger partial charge in [-0.05, 0) is 55.0 Å². The number of hydrogen-bond donors (Lipinski definition) is 1. The topological polar surface area (TPSA) is 78.5 Å². The summed E-state index contributed by atoms with van der Waals surface area (Å²) in [5.74, 6) is 0.899. The maximum atomic E-state index is 13.0. The predicted octanol–water partition coefficient (Wildman–Crippen LogP) is 3.89. The number of likely N-dealkylation sites (tertiary alicyclic amines) is 1. The summed E-state index contributed by atoms with van der Waals surface area (Å²) in [6, 6.07) is 18.8. The first-order valence-corrected chi connectivity index (χ1v) is 10.0. The molecular weight excluding hydrogens is 378 g/mol. The number of aromatic hydroxyl groups is 1. The van der Waals surface area contributed by atoms with Crippen molar-refractivity contribution in [1.82, 2.24) is 9.47 Å². The largest absolute Gasteiger partial charge is 0.508 e. The molecule has 0 unspecified atom stereocenters. The van der Waals surface area contributed by atoms with Crippen LogP contribution in [-0.4, -0.2) is 33.6 Å². The van der Waals surface area contributed by atoms with Crippen molar-refractivity contribution >= 4 is 5.91 Å². The van der Waals surface area contributed by atoms with Crippen LogP contribution in [0.3, 0.4) is 0 Å². The van der Waals surface area contributed by atoms with Crippen molar-refractivity contribution in [2.75, 3.05) is 13.1 Å². The van der Waals surface area contributed by atoms with Crippen LogP contribution in [0.1, 0.15) is 40.2 Å². The van der Waals surface area contributed by atoms with Gasteiger partial charge in [-0.3, -0.25) is 9.36 Å². The summed E-state index contributed by atoms with van der Waals surface area (Å²) in [6.07, 6.45) is 1.28. The number of fused-ring (bicyclic) bond motifs is 4. The van der Waals surface area contributed by atoms with E-state index >= 15 is 0 Å². The molecule has 5 rings (SSSR count). The number of aromatic nitrogens is 1. The minimum atomic E-state index is -0.564. The van der Waals surface area contributed by atoms with E-state index in [4.69, 9.17) is 4.74 Å². The van der Waals surface area contributed by atoms with Crippen molar-refractivity contribution in [3.8, 4) is 23.3 Å². The van der Waals surface area contributed by atoms with Crippen LogP contribution in [0.5, 0.6) is 11.5 Å². The number of phenolic OH excluding ortho intramolecular Hbond substituents is 1. The van der Waals surface area contributed by atoms with E-state index in [1.165, 1.54) is 0 Å². The quantitative estimate of drug-likeness (QED) is 0.673. The van der Waals surface area contributed by atoms with Crippen LogP contribution in [0.15, 0.2) is 54.6 Å². The lowest BCUT2D eigenvalue weighted by Gasteiger charge is -2.45. The monoisotopic (exact) mass is 399 g/mol. The number of nitrogens with zero attached hydrogens (tertiary/aromatic N) is 3. The van der Waals surface area contributed by atoms with Crippen LogP contribution in [0, 0.1) is 18.3 Å². The van der Waals surface area contributed by atoms with Gasteiger partial charge in [0.15, 0.2) is 5.60 Å². The molecule has 1 spiro atoms. The van der Waals surface area contributed by atoms with Gasteiger partial charge >= 0.3 is 0 Å². The van der Waals surface area contributed by atoms with E-state index in [0.717, 1.165) is 17.1 Å². The SMILES string of the molecule is Cc1cc(C(=O)N2CCC3(CC2)Oc2ccccc2-n2c(C#N)ccc23)ccc1O. The summed E-state index contributed by atoms with van der Waals surface area (Å²) >= 11 is 0. The molecule has 6 nitrogen and oxygen atoms in total. The Labute approximate surface area is 174 Å². The van der Waals surface area contributed by atoms with Crippen LogP contribution < -0.4 is 4.74 Å². The Bertz CT molecular complexity index is 1200. The summed E-state index contributed by atoms with van der Waals surface area (Å²) in [6.45, 7) is 2.88. The highest BCUT2D eigenvalue weighted by Gasteiger charge is 2.45. The first kappa shape index (κ1) is 18.3. The molecule has 0 saturated carbocycles. The Hall–Kier alpha value is -3.72. The van der Waals surface area contributed by atoms with Crippen LogP contribution in [0.25, 0.3) is 5.69 Å². The molecule has 2 aromatic carbocycles. The third-order valence-corrected chi connectivity index (χ3v) is 6.18. The number of para-hydroxylation sites is 2. The number of aryl methyl sites for hydroxylation is 1. The second kappa shape index (κ2) is 6.67. The zero-order valence-electron chi connectivity index (χ0n) is 16.6. The molecule has 1 saturated heterocycles. The third kappa shape index (κ3) is 2.66. The van der Waals surface area contributed by atoms with Crippen molar-refractivity contribution in [3.05, 3.63) is 77.1 Å². The molecule has 3 aromatic rings. The van der Waals surface area contributed by atoms with Crippen molar-refractivity contribution in [2.24, 2.45) is 0 Å². The normalized spacial score (nSPS) is 16.3. The van der Waals surface area contributed by atoms with E-state index in [1.807, 2.05) is 45.9 Å². The molecule has 3 heterocycles. The van der Waals surface area contributed by atoms with E-state index in [2.05, 4.69) is 6.07 Å². The van der Waals surface area contributed by atoms with Crippen LogP contribution in [0.4, 0.5) is 0 Å². The molecular formula is C24H21N3O3. The average molecular weight is 399 g/mol. The second-order valence-corrected chi connectivity index (χ2v) is 7.91. The molecule has 30 heavy (non-hydrogen) atoms. The fraction of sp³-hybridized carbons (Fsp3) is 0.250. The first-order valence-electron chi connectivity index (χ1n) is 10.0. The van der Waals surface area contributed by atoms with Gasteiger partial charge < -0.3 is 14.7 Å². The van der Waals surface area contributed by atoms with Gasteiger partial charge in [0.2, 0.25) is 0 Å². The van der Waals surface area contributed by atoms with Gasteiger partial charge in [0, 0.05) is 31.5 Å². The number of carbonyl (C=O) groups excluding carboxylic acids is 1. The fourth-order valence-electron chi connectivity index (χ4n) is 4.53. The number of benzene rings is 2. The molecule has 0 radical (unpaired) electrons. The summed E-state index contributed by atoms with van der Waals surface area (Å²) < 4.78 is 8.50. The van der Waals surface area contributed by atoms with Crippen LogP contribution in [0.2, 0.25) is 0 Å². The Morgan fingerprint density at radius 2 is 1.90 bits per heavy atom. The van der Waals surface area contributed by atoms with Crippen molar-refractivity contribution in [2.45, 2.75) is 25.4 Å². The Kier molecular flexibility index (Phi) is 4.07. The van der Waals surface area contributed by atoms with Gasteiger partial charge in [-0.25, -0.2) is 0 Å². The number of piperidine rings is 1. The zero-order valence-corrected chi connectivity index (χ0v) is 16.6. The Morgan fingerprint density at radius 1 is 1.13 bits per heavy atom. The summed E-state index contributed by atoms with van der Waals surface area (Å²) in [7, 11) is 0. The molecule has 1 N–H and O–H groups in total. The van der Waals surface area contributed by atoms with Gasteiger partial charge in [0.1, 0.15) is 23.3 Å². The third-order valence-electron chi connectivity index (χ3n) is 6.18. The van der Waals surface area contributed by atoms with Crippen LogP contribution in [-0.2, 0) is 5.60 Å². The number of phenols is 1. The number of rotatable bonds is 1. The predicted molar refractivity (Wildman–Crippen MR) is 111 cm³/mol. The Balaban J connectivity index is 1.45. The molecule has 1 fully saturated rings. The van der Waals surface area contributed by atoms with Gasteiger partial charge in [0.25, 0.3) is 5.91 Å². The summed E-state index contributed by atoms with van der Waals surface area (Å²) in [5, 5.41) is 19.3. The highest BCUT2D eigenvalue weighted by molar-refractivity contribution is 5.94. The number of carbonyl (C=O) groups is 1. The average Bonchev–Trinajstić information content (AvgIpc) is 3.21. The molecule has 0 aliphatic carbocycles. The highest BCUT2D eigenvalue weighted by atomic mass is 16.5. The minimum absolute atomic E-state index is 0.0442. The van der Waals surface area contributed by atoms with E-state index < -0.39 is 5.60 Å². The molecule has 0 atom stereocenters. The lowest BCUT2D eigenvalue weighted by molar-refractivity contribution is -0.00937. The summed E-state index contributed by atoms with van der Waals surface area (Å²) in [5.41, 5.74) is 3.11. The molecule has 1 aromatic heterocycles. The van der Waals surface area contributed by atoms with Crippen molar-refractivity contribution in [1.29, 1.82) is 5.26 Å². The lowest BCUT2D eigenvalue weighted by atomic mass is 9.86. The molecule has 150 valence electrons. The molecule has 2 aliphatic rings. The van der Waals surface area contributed by atoms with E-state index in [1.54, 1.807) is 25.1 Å². The standard InChI is InChI=1S/C24H21N3O3/c1-16-14-17(6-8-20(16)28)23(29)26-12-10-24(11-13-26)22-9-7-18(15-25)27(22)19-4-2-3-5-21(19)30-24/h2-9,14,28H,10-13H2,1H3. The molecule has 6 heteroatoms. The molecule has 1 amide bonds. The lowest BCUT2D eigenvalue weighted by Crippen LogP contribution is -2.50. The summed E-state index contributed by atoms with van der Waals surface area (Å²) in [4.78, 5) is 14.8. The van der Waals surface area contributed by atoms with Gasteiger partial charge in [0.05, 0.1) is 11.4 Å². The van der Waals surface area contributed by atoms with E-state index in [9.17, 15) is 15.2 Å². The first-order chi connectivity index (χ1) is 14.5. The number of nitriles is 1. The minimum Gasteiger partial charge on any atom is -0.508 e. The van der Waals surface area contributed by atoms with Gasteiger partial charge in [-0.1, -0.05) is 12.1 Å². The molecule has 0 bridgehead atoms. The van der Waals surface area contributed by atoms with Crippen molar-refractivity contribution < 1.29 is 14.6 Å².